The number of aromatic hydroxyl groups is 2. The van der Waals surface area contributed by atoms with Gasteiger partial charge >= 0.3 is 0 Å². The Morgan fingerprint density at radius 3 is 2.25 bits per heavy atom. The monoisotopic (exact) mass is 367 g/mol. The summed E-state index contributed by atoms with van der Waals surface area (Å²) in [5.74, 6) is -2.35. The molecule has 2 aromatic carbocycles. The molecule has 0 fully saturated rings. The highest BCUT2D eigenvalue weighted by atomic mass is 35.5. The SMILES string of the molecule is NC(=O)C(=Cc1ccc(O)c(O)c1)S(=O)(=O)Cc1ccc(Cl)cc1. The fraction of sp³-hybridized carbons (Fsp3) is 0.0625. The standard InChI is InChI=1S/C16H14ClNO5S/c17-12-4-1-10(2-5-12)9-24(22,23)15(16(18)21)8-11-3-6-13(19)14(20)7-11/h1-8,19-20H,9H2,(H2,18,21). The maximum atomic E-state index is 12.5. The van der Waals surface area contributed by atoms with Gasteiger partial charge in [0.15, 0.2) is 21.3 Å². The van der Waals surface area contributed by atoms with Gasteiger partial charge in [0.1, 0.15) is 4.91 Å². The van der Waals surface area contributed by atoms with Gasteiger partial charge < -0.3 is 15.9 Å². The molecule has 126 valence electrons. The van der Waals surface area contributed by atoms with Gasteiger partial charge in [-0.3, -0.25) is 4.79 Å². The molecule has 2 rings (SSSR count). The van der Waals surface area contributed by atoms with Crippen molar-refractivity contribution in [2.24, 2.45) is 5.73 Å². The number of halogens is 1. The molecule has 24 heavy (non-hydrogen) atoms. The van der Waals surface area contributed by atoms with E-state index in [0.29, 0.717) is 10.6 Å². The van der Waals surface area contributed by atoms with Crippen molar-refractivity contribution in [2.45, 2.75) is 5.75 Å². The molecule has 0 aliphatic heterocycles. The van der Waals surface area contributed by atoms with Crippen LogP contribution in [0.3, 0.4) is 0 Å². The number of hydrogen-bond donors (Lipinski definition) is 3. The van der Waals surface area contributed by atoms with E-state index in [1.807, 2.05) is 0 Å². The molecule has 0 unspecified atom stereocenters. The number of amides is 1. The average Bonchev–Trinajstić information content (AvgIpc) is 2.50. The summed E-state index contributed by atoms with van der Waals surface area (Å²) in [5, 5.41) is 19.2. The first-order chi connectivity index (χ1) is 11.2. The molecule has 0 saturated heterocycles. The molecular weight excluding hydrogens is 354 g/mol. The van der Waals surface area contributed by atoms with E-state index in [0.717, 1.165) is 12.1 Å². The number of primary amides is 1. The lowest BCUT2D eigenvalue weighted by molar-refractivity contribution is -0.113. The van der Waals surface area contributed by atoms with E-state index in [9.17, 15) is 23.4 Å². The predicted octanol–water partition coefficient (Wildman–Crippen LogP) is 2.19. The molecule has 1 amide bonds. The second-order valence-electron chi connectivity index (χ2n) is 5.01. The third-order valence-corrected chi connectivity index (χ3v) is 5.10. The fourth-order valence-electron chi connectivity index (χ4n) is 1.97. The normalized spacial score (nSPS) is 12.1. The van der Waals surface area contributed by atoms with E-state index in [2.05, 4.69) is 0 Å². The molecule has 0 heterocycles. The Morgan fingerprint density at radius 2 is 1.71 bits per heavy atom. The number of nitrogens with two attached hydrogens (primary N) is 1. The summed E-state index contributed by atoms with van der Waals surface area (Å²) < 4.78 is 24.9. The van der Waals surface area contributed by atoms with Crippen LogP contribution < -0.4 is 5.73 Å². The molecular formula is C16H14ClNO5S. The van der Waals surface area contributed by atoms with Gasteiger partial charge in [-0.05, 0) is 41.5 Å². The highest BCUT2D eigenvalue weighted by Crippen LogP contribution is 2.27. The lowest BCUT2D eigenvalue weighted by Gasteiger charge is -2.07. The molecule has 0 radical (unpaired) electrons. The van der Waals surface area contributed by atoms with Crippen LogP contribution in [0, 0.1) is 0 Å². The number of sulfone groups is 1. The third-order valence-electron chi connectivity index (χ3n) is 3.15. The van der Waals surface area contributed by atoms with Gasteiger partial charge in [0.25, 0.3) is 5.91 Å². The third kappa shape index (κ3) is 4.27. The Kier molecular flexibility index (Phi) is 5.16. The zero-order valence-electron chi connectivity index (χ0n) is 12.3. The quantitative estimate of drug-likeness (QED) is 0.553. The highest BCUT2D eigenvalue weighted by molar-refractivity contribution is 7.95. The van der Waals surface area contributed by atoms with E-state index in [4.69, 9.17) is 17.3 Å². The molecule has 0 bridgehead atoms. The zero-order valence-corrected chi connectivity index (χ0v) is 13.9. The molecule has 0 atom stereocenters. The molecule has 0 saturated carbocycles. The van der Waals surface area contributed by atoms with Crippen molar-refractivity contribution in [3.05, 3.63) is 63.5 Å². The molecule has 8 heteroatoms. The number of carbonyl (C=O) groups is 1. The fourth-order valence-corrected chi connectivity index (χ4v) is 3.51. The lowest BCUT2D eigenvalue weighted by atomic mass is 10.2. The number of phenols is 2. The van der Waals surface area contributed by atoms with Crippen molar-refractivity contribution in [1.82, 2.24) is 0 Å². The summed E-state index contributed by atoms with van der Waals surface area (Å²) in [6, 6.07) is 9.78. The lowest BCUT2D eigenvalue weighted by Crippen LogP contribution is -2.22. The van der Waals surface area contributed by atoms with Crippen LogP contribution >= 0.6 is 11.6 Å². The second-order valence-corrected chi connectivity index (χ2v) is 7.40. The van der Waals surface area contributed by atoms with E-state index >= 15 is 0 Å². The minimum atomic E-state index is -4.01. The summed E-state index contributed by atoms with van der Waals surface area (Å²) in [6.07, 6.45) is 1.05. The largest absolute Gasteiger partial charge is 0.504 e. The summed E-state index contributed by atoms with van der Waals surface area (Å²) >= 11 is 5.75. The van der Waals surface area contributed by atoms with Gasteiger partial charge in [-0.1, -0.05) is 29.8 Å². The molecule has 2 aromatic rings. The molecule has 0 aliphatic rings. The smallest absolute Gasteiger partial charge is 0.260 e. The Bertz CT molecular complexity index is 905. The van der Waals surface area contributed by atoms with E-state index in [-0.39, 0.29) is 11.3 Å². The van der Waals surface area contributed by atoms with Crippen LogP contribution in [0.25, 0.3) is 6.08 Å². The minimum absolute atomic E-state index is 0.207. The van der Waals surface area contributed by atoms with E-state index < -0.39 is 32.2 Å². The molecule has 0 aromatic heterocycles. The topological polar surface area (TPSA) is 118 Å². The Labute approximate surface area is 143 Å². The van der Waals surface area contributed by atoms with Crippen LogP contribution in [0.2, 0.25) is 5.02 Å². The van der Waals surface area contributed by atoms with Gasteiger partial charge in [0.2, 0.25) is 0 Å². The maximum Gasteiger partial charge on any atom is 0.260 e. The van der Waals surface area contributed by atoms with Gasteiger partial charge in [0, 0.05) is 5.02 Å². The van der Waals surface area contributed by atoms with E-state index in [1.54, 1.807) is 0 Å². The second kappa shape index (κ2) is 6.94. The minimum Gasteiger partial charge on any atom is -0.504 e. The summed E-state index contributed by atoms with van der Waals surface area (Å²) in [7, 11) is -4.01. The van der Waals surface area contributed by atoms with Crippen molar-refractivity contribution < 1.29 is 23.4 Å². The first kappa shape index (κ1) is 17.8. The van der Waals surface area contributed by atoms with Crippen LogP contribution in [0.4, 0.5) is 0 Å². The van der Waals surface area contributed by atoms with Gasteiger partial charge in [-0.25, -0.2) is 8.42 Å². The van der Waals surface area contributed by atoms with Crippen molar-refractivity contribution in [3.8, 4) is 11.5 Å². The summed E-state index contributed by atoms with van der Waals surface area (Å²) in [6.45, 7) is 0. The Balaban J connectivity index is 2.41. The number of hydrogen-bond acceptors (Lipinski definition) is 5. The molecule has 4 N–H and O–H groups in total. The number of phenolic OH excluding ortho intramolecular Hbond substituents is 2. The van der Waals surface area contributed by atoms with Gasteiger partial charge in [0.05, 0.1) is 5.75 Å². The first-order valence-corrected chi connectivity index (χ1v) is 8.73. The maximum absolute atomic E-state index is 12.5. The van der Waals surface area contributed by atoms with Gasteiger partial charge in [-0.15, -0.1) is 0 Å². The number of benzene rings is 2. The molecule has 6 nitrogen and oxygen atoms in total. The number of carbonyl (C=O) groups excluding carboxylic acids is 1. The van der Waals surface area contributed by atoms with Crippen molar-refractivity contribution in [1.29, 1.82) is 0 Å². The van der Waals surface area contributed by atoms with Crippen LogP contribution in [0.1, 0.15) is 11.1 Å². The van der Waals surface area contributed by atoms with Gasteiger partial charge in [-0.2, -0.15) is 0 Å². The van der Waals surface area contributed by atoms with Crippen molar-refractivity contribution >= 4 is 33.4 Å². The molecule has 0 spiro atoms. The Morgan fingerprint density at radius 1 is 1.08 bits per heavy atom. The summed E-state index contributed by atoms with van der Waals surface area (Å²) in [4.78, 5) is 11.0. The predicted molar refractivity (Wildman–Crippen MR) is 91.0 cm³/mol. The average molecular weight is 368 g/mol. The van der Waals surface area contributed by atoms with Crippen molar-refractivity contribution in [3.63, 3.8) is 0 Å². The first-order valence-electron chi connectivity index (χ1n) is 6.70. The highest BCUT2D eigenvalue weighted by Gasteiger charge is 2.23. The van der Waals surface area contributed by atoms with Crippen LogP contribution in [0.5, 0.6) is 11.5 Å². The van der Waals surface area contributed by atoms with Crippen LogP contribution in [-0.4, -0.2) is 24.5 Å². The number of rotatable bonds is 5. The summed E-state index contributed by atoms with van der Waals surface area (Å²) in [5.41, 5.74) is 5.85. The zero-order chi connectivity index (χ0) is 17.9. The van der Waals surface area contributed by atoms with Crippen LogP contribution in [-0.2, 0) is 20.4 Å². The van der Waals surface area contributed by atoms with Crippen molar-refractivity contribution in [2.75, 3.05) is 0 Å². The van der Waals surface area contributed by atoms with E-state index in [1.165, 1.54) is 36.4 Å². The van der Waals surface area contributed by atoms with Crippen LogP contribution in [0.15, 0.2) is 47.4 Å². The Hall–Kier alpha value is -2.51. The molecule has 0 aliphatic carbocycles.